The van der Waals surface area contributed by atoms with Gasteiger partial charge in [-0.15, -0.1) is 0 Å². The zero-order chi connectivity index (χ0) is 15.0. The fraction of sp³-hybridized carbons (Fsp3) is 0.385. The van der Waals surface area contributed by atoms with Crippen LogP contribution in [0.15, 0.2) is 24.3 Å². The summed E-state index contributed by atoms with van der Waals surface area (Å²) in [6.07, 6.45) is -0.0247. The summed E-state index contributed by atoms with van der Waals surface area (Å²) in [7, 11) is 0. The first-order chi connectivity index (χ1) is 9.49. The molecule has 2 N–H and O–H groups in total. The largest absolute Gasteiger partial charge is 0.481 e. The van der Waals surface area contributed by atoms with Crippen molar-refractivity contribution in [2.75, 3.05) is 6.54 Å². The van der Waals surface area contributed by atoms with Crippen molar-refractivity contribution >= 4 is 11.9 Å². The standard InChI is InChI=1S/C13H15F2NO4/c14-13(15)20-10-4-2-1-3-9(10)7-8-16-11(17)5-6-12(18)19/h1-4,13H,5-8H2,(H,16,17)(H,18,19). The molecule has 110 valence electrons. The average Bonchev–Trinajstić information content (AvgIpc) is 2.38. The summed E-state index contributed by atoms with van der Waals surface area (Å²) in [5.74, 6) is -1.36. The van der Waals surface area contributed by atoms with Gasteiger partial charge in [-0.05, 0) is 18.1 Å². The second-order valence-electron chi connectivity index (χ2n) is 3.98. The molecular weight excluding hydrogens is 272 g/mol. The van der Waals surface area contributed by atoms with Crippen LogP contribution >= 0.6 is 0 Å². The van der Waals surface area contributed by atoms with E-state index in [1.807, 2.05) is 0 Å². The van der Waals surface area contributed by atoms with Crippen molar-refractivity contribution in [3.63, 3.8) is 0 Å². The Morgan fingerprint density at radius 2 is 1.95 bits per heavy atom. The SMILES string of the molecule is O=C(O)CCC(=O)NCCc1ccccc1OC(F)F. The van der Waals surface area contributed by atoms with E-state index in [0.29, 0.717) is 12.0 Å². The van der Waals surface area contributed by atoms with Crippen LogP contribution in [0.4, 0.5) is 8.78 Å². The molecule has 1 aromatic rings. The maximum Gasteiger partial charge on any atom is 0.387 e. The van der Waals surface area contributed by atoms with Gasteiger partial charge in [-0.2, -0.15) is 8.78 Å². The van der Waals surface area contributed by atoms with Gasteiger partial charge in [0.2, 0.25) is 5.91 Å². The Bertz CT molecular complexity index is 465. The van der Waals surface area contributed by atoms with E-state index in [9.17, 15) is 18.4 Å². The van der Waals surface area contributed by atoms with Crippen LogP contribution in [0.5, 0.6) is 5.75 Å². The molecule has 0 unspecified atom stereocenters. The highest BCUT2D eigenvalue weighted by Crippen LogP contribution is 2.20. The van der Waals surface area contributed by atoms with Crippen molar-refractivity contribution in [3.8, 4) is 5.75 Å². The van der Waals surface area contributed by atoms with Crippen molar-refractivity contribution in [2.45, 2.75) is 25.9 Å². The molecule has 0 bridgehead atoms. The lowest BCUT2D eigenvalue weighted by Crippen LogP contribution is -2.26. The van der Waals surface area contributed by atoms with Gasteiger partial charge in [0.05, 0.1) is 6.42 Å². The number of aliphatic carboxylic acids is 1. The van der Waals surface area contributed by atoms with Crippen molar-refractivity contribution in [2.24, 2.45) is 0 Å². The molecule has 0 aliphatic rings. The third kappa shape index (κ3) is 6.12. The van der Waals surface area contributed by atoms with Gasteiger partial charge >= 0.3 is 12.6 Å². The average molecular weight is 287 g/mol. The number of hydrogen-bond acceptors (Lipinski definition) is 3. The summed E-state index contributed by atoms with van der Waals surface area (Å²) in [4.78, 5) is 21.6. The molecule has 0 heterocycles. The number of carboxylic acid groups (broad SMARTS) is 1. The molecule has 0 saturated carbocycles. The number of hydrogen-bond donors (Lipinski definition) is 2. The fourth-order valence-corrected chi connectivity index (χ4v) is 1.57. The van der Waals surface area contributed by atoms with Gasteiger partial charge in [0.25, 0.3) is 0 Å². The number of benzene rings is 1. The highest BCUT2D eigenvalue weighted by atomic mass is 19.3. The molecule has 1 rings (SSSR count). The van der Waals surface area contributed by atoms with E-state index in [4.69, 9.17) is 5.11 Å². The van der Waals surface area contributed by atoms with E-state index >= 15 is 0 Å². The summed E-state index contributed by atoms with van der Waals surface area (Å²) >= 11 is 0. The number of amides is 1. The highest BCUT2D eigenvalue weighted by Gasteiger charge is 2.09. The Balaban J connectivity index is 2.41. The van der Waals surface area contributed by atoms with E-state index in [0.717, 1.165) is 0 Å². The fourth-order valence-electron chi connectivity index (χ4n) is 1.57. The summed E-state index contributed by atoms with van der Waals surface area (Å²) in [6, 6.07) is 6.31. The van der Waals surface area contributed by atoms with E-state index in [1.165, 1.54) is 6.07 Å². The first kappa shape index (κ1) is 15.9. The molecule has 0 saturated heterocycles. The summed E-state index contributed by atoms with van der Waals surface area (Å²) in [5.41, 5.74) is 0.548. The molecule has 0 radical (unpaired) electrons. The molecule has 0 spiro atoms. The molecule has 0 aliphatic heterocycles. The molecule has 20 heavy (non-hydrogen) atoms. The molecule has 7 heteroatoms. The van der Waals surface area contributed by atoms with Gasteiger partial charge in [0.15, 0.2) is 0 Å². The monoisotopic (exact) mass is 287 g/mol. The number of halogens is 2. The smallest absolute Gasteiger partial charge is 0.387 e. The van der Waals surface area contributed by atoms with Crippen molar-refractivity contribution in [3.05, 3.63) is 29.8 Å². The molecule has 0 aromatic heterocycles. The molecule has 5 nitrogen and oxygen atoms in total. The number of nitrogens with one attached hydrogen (secondary N) is 1. The van der Waals surface area contributed by atoms with Crippen LogP contribution in [0.2, 0.25) is 0 Å². The van der Waals surface area contributed by atoms with Gasteiger partial charge in [-0.1, -0.05) is 18.2 Å². The Morgan fingerprint density at radius 3 is 2.60 bits per heavy atom. The van der Waals surface area contributed by atoms with E-state index in [2.05, 4.69) is 10.1 Å². The van der Waals surface area contributed by atoms with Crippen LogP contribution in [0.3, 0.4) is 0 Å². The first-order valence-corrected chi connectivity index (χ1v) is 6.00. The van der Waals surface area contributed by atoms with Gasteiger partial charge < -0.3 is 15.2 Å². The van der Waals surface area contributed by atoms with Crippen LogP contribution in [0.1, 0.15) is 18.4 Å². The van der Waals surface area contributed by atoms with Crippen LogP contribution in [-0.2, 0) is 16.0 Å². The van der Waals surface area contributed by atoms with Crippen LogP contribution in [0.25, 0.3) is 0 Å². The second-order valence-corrected chi connectivity index (χ2v) is 3.98. The second kappa shape index (κ2) is 8.08. The van der Waals surface area contributed by atoms with Crippen molar-refractivity contribution < 1.29 is 28.2 Å². The Kier molecular flexibility index (Phi) is 6.42. The Hall–Kier alpha value is -2.18. The number of ether oxygens (including phenoxy) is 1. The van der Waals surface area contributed by atoms with Crippen molar-refractivity contribution in [1.29, 1.82) is 0 Å². The summed E-state index contributed by atoms with van der Waals surface area (Å²) < 4.78 is 28.7. The summed E-state index contributed by atoms with van der Waals surface area (Å²) in [5, 5.41) is 10.9. The van der Waals surface area contributed by atoms with Crippen LogP contribution in [0, 0.1) is 0 Å². The lowest BCUT2D eigenvalue weighted by molar-refractivity contribution is -0.138. The van der Waals surface area contributed by atoms with E-state index in [-0.39, 0.29) is 31.0 Å². The number of carbonyl (C=O) groups excluding carboxylic acids is 1. The van der Waals surface area contributed by atoms with Gasteiger partial charge in [0.1, 0.15) is 5.75 Å². The Labute approximate surface area is 114 Å². The zero-order valence-corrected chi connectivity index (χ0v) is 10.6. The molecular formula is C13H15F2NO4. The van der Waals surface area contributed by atoms with Crippen molar-refractivity contribution in [1.82, 2.24) is 5.32 Å². The number of alkyl halides is 2. The highest BCUT2D eigenvalue weighted by molar-refractivity contribution is 5.80. The van der Waals surface area contributed by atoms with Gasteiger partial charge in [-0.25, -0.2) is 0 Å². The molecule has 0 fully saturated rings. The molecule has 1 amide bonds. The summed E-state index contributed by atoms with van der Waals surface area (Å²) in [6.45, 7) is -2.68. The maximum absolute atomic E-state index is 12.2. The molecule has 0 aliphatic carbocycles. The van der Waals surface area contributed by atoms with Crippen LogP contribution in [-0.4, -0.2) is 30.1 Å². The predicted octanol–water partition coefficient (Wildman–Crippen LogP) is 1.81. The van der Waals surface area contributed by atoms with E-state index < -0.39 is 12.6 Å². The Morgan fingerprint density at radius 1 is 1.25 bits per heavy atom. The van der Waals surface area contributed by atoms with Gasteiger partial charge in [0, 0.05) is 13.0 Å². The number of rotatable bonds is 8. The zero-order valence-electron chi connectivity index (χ0n) is 10.6. The van der Waals surface area contributed by atoms with Gasteiger partial charge in [-0.3, -0.25) is 9.59 Å². The maximum atomic E-state index is 12.2. The predicted molar refractivity (Wildman–Crippen MR) is 66.7 cm³/mol. The first-order valence-electron chi connectivity index (χ1n) is 6.00. The number of carboxylic acids is 1. The molecule has 1 aromatic carbocycles. The minimum Gasteiger partial charge on any atom is -0.481 e. The topological polar surface area (TPSA) is 75.6 Å². The lowest BCUT2D eigenvalue weighted by Gasteiger charge is -2.10. The lowest BCUT2D eigenvalue weighted by atomic mass is 10.1. The van der Waals surface area contributed by atoms with E-state index in [1.54, 1.807) is 18.2 Å². The minimum absolute atomic E-state index is 0.0716. The quantitative estimate of drug-likeness (QED) is 0.764. The third-order valence-electron chi connectivity index (χ3n) is 2.47. The normalized spacial score (nSPS) is 10.3. The molecule has 0 atom stereocenters. The minimum atomic E-state index is -2.90. The number of para-hydroxylation sites is 1. The number of carbonyl (C=O) groups is 2. The third-order valence-corrected chi connectivity index (χ3v) is 2.47. The van der Waals surface area contributed by atoms with Crippen LogP contribution < -0.4 is 10.1 Å².